The van der Waals surface area contributed by atoms with Gasteiger partial charge in [0.25, 0.3) is 0 Å². The summed E-state index contributed by atoms with van der Waals surface area (Å²) in [7, 11) is 5.41. The smallest absolute Gasteiger partial charge is 0.350 e. The maximum absolute atomic E-state index is 15.2. The van der Waals surface area contributed by atoms with Crippen molar-refractivity contribution in [2.45, 2.75) is 51.8 Å². The van der Waals surface area contributed by atoms with Crippen molar-refractivity contribution in [3.63, 3.8) is 0 Å². The molecule has 2 unspecified atom stereocenters. The summed E-state index contributed by atoms with van der Waals surface area (Å²) in [4.78, 5) is 16.7. The molecule has 3 rings (SSSR count). The fourth-order valence-corrected chi connectivity index (χ4v) is 3.29. The normalized spacial score (nSPS) is 13.0. The van der Waals surface area contributed by atoms with Crippen molar-refractivity contribution in [1.29, 1.82) is 0 Å². The van der Waals surface area contributed by atoms with Gasteiger partial charge in [0.1, 0.15) is 30.0 Å². The topological polar surface area (TPSA) is 82.2 Å². The summed E-state index contributed by atoms with van der Waals surface area (Å²) in [6.07, 6.45) is 5.05. The van der Waals surface area contributed by atoms with Crippen LogP contribution in [0.2, 0.25) is 0 Å². The highest BCUT2D eigenvalue weighted by Crippen LogP contribution is 2.35. The number of aliphatic hydroxyl groups excluding tert-OH is 1. The molecule has 0 spiro atoms. The highest BCUT2D eigenvalue weighted by Gasteiger charge is 2.25. The van der Waals surface area contributed by atoms with Gasteiger partial charge in [0, 0.05) is 35.0 Å². The lowest BCUT2D eigenvalue weighted by Crippen LogP contribution is -2.30. The van der Waals surface area contributed by atoms with E-state index in [0.29, 0.717) is 17.9 Å². The summed E-state index contributed by atoms with van der Waals surface area (Å²) in [6.45, 7) is 7.41. The van der Waals surface area contributed by atoms with Crippen LogP contribution in [0.5, 0.6) is 5.75 Å². The number of halogens is 1. The first-order valence-corrected chi connectivity index (χ1v) is 11.7. The summed E-state index contributed by atoms with van der Waals surface area (Å²) < 4.78 is 23.7. The maximum atomic E-state index is 15.2. The van der Waals surface area contributed by atoms with Crippen LogP contribution in [0.3, 0.4) is 0 Å². The molecule has 0 fully saturated rings. The van der Waals surface area contributed by atoms with Crippen LogP contribution in [0.25, 0.3) is 17.8 Å². The average molecular weight is 490 g/mol. The summed E-state index contributed by atoms with van der Waals surface area (Å²) in [6, 6.07) is 6.54. The molecule has 176 valence electrons. The monoisotopic (exact) mass is 490 g/mol. The molecule has 0 aliphatic rings. The van der Waals surface area contributed by atoms with Gasteiger partial charge in [-0.2, -0.15) is 4.68 Å². The lowest BCUT2D eigenvalue weighted by atomic mass is 10.1. The van der Waals surface area contributed by atoms with Crippen molar-refractivity contribution in [2.24, 2.45) is 0 Å². The second-order valence-corrected chi connectivity index (χ2v) is 11.1. The highest BCUT2D eigenvalue weighted by atomic mass is 31.1. The van der Waals surface area contributed by atoms with E-state index in [-0.39, 0.29) is 22.5 Å². The number of hydrogen-bond acceptors (Lipinski definition) is 5. The molecule has 0 amide bonds. The highest BCUT2D eigenvalue weighted by molar-refractivity contribution is 7.39. The van der Waals surface area contributed by atoms with Gasteiger partial charge < -0.3 is 9.84 Å². The van der Waals surface area contributed by atoms with Crippen molar-refractivity contribution in [3.8, 4) is 11.4 Å². The molecule has 7 nitrogen and oxygen atoms in total. The van der Waals surface area contributed by atoms with Gasteiger partial charge in [0.2, 0.25) is 0 Å². The number of aryl methyl sites for hydroxylation is 1. The number of rotatable bonds is 8. The standard InChI is InChI=1S/C23H29FN4O3P2/c1-5-27-21(13-29)26-28(22(27)30)19-12-20(31-15(3)23(4,32)33)17(11-18(19)24)9-8-16-7-6-10-25-14(16)2/h6-12,15,29H,5,13,32-33H2,1-4H3/b9-8+/t15-/m0/s1. The van der Waals surface area contributed by atoms with Gasteiger partial charge in [-0.15, -0.1) is 23.6 Å². The fraction of sp³-hybridized carbons (Fsp3) is 0.348. The largest absolute Gasteiger partial charge is 0.489 e. The van der Waals surface area contributed by atoms with E-state index in [4.69, 9.17) is 4.74 Å². The van der Waals surface area contributed by atoms with Crippen LogP contribution < -0.4 is 10.4 Å². The van der Waals surface area contributed by atoms with E-state index in [1.807, 2.05) is 39.0 Å². The molecule has 0 bridgehead atoms. The Balaban J connectivity index is 2.15. The molecule has 3 atom stereocenters. The maximum Gasteiger partial charge on any atom is 0.350 e. The van der Waals surface area contributed by atoms with Gasteiger partial charge in [-0.1, -0.05) is 18.2 Å². The quantitative estimate of drug-likeness (QED) is 0.486. The molecule has 2 heterocycles. The molecule has 2 aromatic heterocycles. The third-order valence-corrected chi connectivity index (χ3v) is 6.31. The van der Waals surface area contributed by atoms with Crippen LogP contribution in [0.1, 0.15) is 43.4 Å². The number of nitrogens with zero attached hydrogens (tertiary/aromatic N) is 4. The van der Waals surface area contributed by atoms with Crippen LogP contribution >= 0.6 is 18.5 Å². The molecule has 10 heteroatoms. The van der Waals surface area contributed by atoms with Crippen LogP contribution in [-0.2, 0) is 13.2 Å². The van der Waals surface area contributed by atoms with E-state index in [9.17, 15) is 9.90 Å². The Labute approximate surface area is 197 Å². The Hall–Kier alpha value is -2.40. The first-order chi connectivity index (χ1) is 15.6. The van der Waals surface area contributed by atoms with Gasteiger partial charge in [-0.25, -0.2) is 9.18 Å². The molecule has 1 N–H and O–H groups in total. The first-order valence-electron chi connectivity index (χ1n) is 10.5. The number of pyridine rings is 1. The van der Waals surface area contributed by atoms with Crippen LogP contribution in [0.15, 0.2) is 35.3 Å². The Morgan fingerprint density at radius 2 is 2.00 bits per heavy atom. The molecule has 1 aromatic carbocycles. The number of hydrogen-bond donors (Lipinski definition) is 1. The predicted octanol–water partition coefficient (Wildman–Crippen LogP) is 3.79. The molecular formula is C23H29FN4O3P2. The zero-order valence-electron chi connectivity index (χ0n) is 19.1. The van der Waals surface area contributed by atoms with Crippen molar-refractivity contribution in [3.05, 3.63) is 69.4 Å². The molecule has 3 aromatic rings. The lowest BCUT2D eigenvalue weighted by Gasteiger charge is -2.28. The minimum atomic E-state index is -0.635. The van der Waals surface area contributed by atoms with Crippen molar-refractivity contribution >= 4 is 30.6 Å². The zero-order chi connectivity index (χ0) is 24.3. The zero-order valence-corrected chi connectivity index (χ0v) is 21.4. The van der Waals surface area contributed by atoms with Crippen molar-refractivity contribution in [2.75, 3.05) is 0 Å². The van der Waals surface area contributed by atoms with Crippen LogP contribution in [0.4, 0.5) is 4.39 Å². The molecule has 33 heavy (non-hydrogen) atoms. The molecule has 0 aliphatic heterocycles. The number of benzene rings is 1. The van der Waals surface area contributed by atoms with Gasteiger partial charge in [0.05, 0.1) is 0 Å². The third kappa shape index (κ3) is 5.57. The minimum Gasteiger partial charge on any atom is -0.489 e. The Morgan fingerprint density at radius 1 is 1.30 bits per heavy atom. The predicted molar refractivity (Wildman–Crippen MR) is 135 cm³/mol. The summed E-state index contributed by atoms with van der Waals surface area (Å²) in [5, 5.41) is 13.7. The van der Waals surface area contributed by atoms with E-state index in [1.165, 1.54) is 16.7 Å². The Bertz CT molecular complexity index is 1230. The Morgan fingerprint density at radius 3 is 2.58 bits per heavy atom. The average Bonchev–Trinajstić information content (AvgIpc) is 3.09. The lowest BCUT2D eigenvalue weighted by molar-refractivity contribution is 0.211. The molecule has 0 aliphatic carbocycles. The Kier molecular flexibility index (Phi) is 7.84. The molecule has 0 saturated heterocycles. The van der Waals surface area contributed by atoms with E-state index < -0.39 is 18.1 Å². The van der Waals surface area contributed by atoms with E-state index in [1.54, 1.807) is 19.2 Å². The molecule has 0 saturated carbocycles. The fourth-order valence-electron chi connectivity index (χ4n) is 3.15. The SMILES string of the molecule is CCn1c(CO)nn(-c2cc(O[C@@H](C)C(C)(P)P)c(/C=C/c3cccnc3C)cc2F)c1=O. The number of aromatic nitrogens is 4. The van der Waals surface area contributed by atoms with Crippen molar-refractivity contribution in [1.82, 2.24) is 19.3 Å². The van der Waals surface area contributed by atoms with E-state index >= 15 is 4.39 Å². The number of aliphatic hydroxyl groups is 1. The molecular weight excluding hydrogens is 461 g/mol. The summed E-state index contributed by atoms with van der Waals surface area (Å²) >= 11 is 0. The summed E-state index contributed by atoms with van der Waals surface area (Å²) in [5.74, 6) is -0.0722. The van der Waals surface area contributed by atoms with Gasteiger partial charge in [0.15, 0.2) is 5.82 Å². The van der Waals surface area contributed by atoms with E-state index in [0.717, 1.165) is 15.9 Å². The third-order valence-electron chi connectivity index (χ3n) is 5.37. The van der Waals surface area contributed by atoms with Crippen LogP contribution in [0, 0.1) is 12.7 Å². The van der Waals surface area contributed by atoms with E-state index in [2.05, 4.69) is 28.6 Å². The van der Waals surface area contributed by atoms with Crippen molar-refractivity contribution < 1.29 is 14.2 Å². The first kappa shape index (κ1) is 25.2. The second-order valence-electron chi connectivity index (χ2n) is 7.99. The van der Waals surface area contributed by atoms with Gasteiger partial charge in [-0.05, 0) is 45.4 Å². The van der Waals surface area contributed by atoms with Gasteiger partial charge in [-0.3, -0.25) is 9.55 Å². The van der Waals surface area contributed by atoms with Gasteiger partial charge >= 0.3 is 5.69 Å². The minimum absolute atomic E-state index is 0.0481. The number of ether oxygens (including phenoxy) is 1. The van der Waals surface area contributed by atoms with Crippen LogP contribution in [-0.4, -0.2) is 35.4 Å². The summed E-state index contributed by atoms with van der Waals surface area (Å²) in [5.41, 5.74) is 1.67. The molecule has 0 radical (unpaired) electrons. The second kappa shape index (κ2) is 10.3.